The largest absolute Gasteiger partial charge is 0.451 e. The van der Waals surface area contributed by atoms with Crippen molar-refractivity contribution in [1.29, 1.82) is 0 Å². The van der Waals surface area contributed by atoms with Gasteiger partial charge in [-0.15, -0.1) is 0 Å². The fourth-order valence-corrected chi connectivity index (χ4v) is 3.03. The van der Waals surface area contributed by atoms with Gasteiger partial charge in [0.2, 0.25) is 0 Å². The van der Waals surface area contributed by atoms with Gasteiger partial charge in [-0.25, -0.2) is 0 Å². The average Bonchev–Trinajstić information content (AvgIpc) is 3.22. The van der Waals surface area contributed by atoms with Crippen LogP contribution in [0, 0.1) is 0 Å². The lowest BCUT2D eigenvalue weighted by Crippen LogP contribution is -2.24. The van der Waals surface area contributed by atoms with Crippen molar-refractivity contribution in [3.05, 3.63) is 76.5 Å². The number of amides is 2. The van der Waals surface area contributed by atoms with Crippen LogP contribution in [-0.2, 0) is 6.18 Å². The van der Waals surface area contributed by atoms with E-state index in [9.17, 15) is 22.8 Å². The Kier molecular flexibility index (Phi) is 6.70. The highest BCUT2D eigenvalue weighted by molar-refractivity contribution is 6.34. The first-order valence-electron chi connectivity index (χ1n) is 9.35. The zero-order valence-electron chi connectivity index (χ0n) is 16.3. The van der Waals surface area contributed by atoms with Crippen LogP contribution in [0.4, 0.5) is 18.9 Å². The molecule has 0 unspecified atom stereocenters. The molecule has 0 atom stereocenters. The third-order valence-electron chi connectivity index (χ3n) is 4.31. The Hall–Kier alpha value is -3.26. The second-order valence-electron chi connectivity index (χ2n) is 6.65. The molecular formula is C22H18ClF3N2O3. The smallest absolute Gasteiger partial charge is 0.416 e. The van der Waals surface area contributed by atoms with Gasteiger partial charge in [0.25, 0.3) is 11.8 Å². The zero-order chi connectivity index (χ0) is 22.6. The Balaban J connectivity index is 1.73. The Morgan fingerprint density at radius 1 is 1.03 bits per heavy atom. The summed E-state index contributed by atoms with van der Waals surface area (Å²) in [5, 5.41) is 5.45. The van der Waals surface area contributed by atoms with E-state index in [-0.39, 0.29) is 33.6 Å². The van der Waals surface area contributed by atoms with E-state index in [0.29, 0.717) is 12.2 Å². The number of carbonyl (C=O) groups is 2. The Morgan fingerprint density at radius 3 is 2.48 bits per heavy atom. The fourth-order valence-electron chi connectivity index (χ4n) is 2.77. The van der Waals surface area contributed by atoms with Crippen molar-refractivity contribution in [2.24, 2.45) is 0 Å². The molecule has 3 aromatic rings. The molecule has 0 saturated heterocycles. The third-order valence-corrected chi connectivity index (χ3v) is 4.62. The highest BCUT2D eigenvalue weighted by atomic mass is 35.5. The second kappa shape index (κ2) is 9.26. The summed E-state index contributed by atoms with van der Waals surface area (Å²) in [5.74, 6) is -0.899. The lowest BCUT2D eigenvalue weighted by molar-refractivity contribution is -0.137. The van der Waals surface area contributed by atoms with Crippen molar-refractivity contribution in [2.45, 2.75) is 19.5 Å². The van der Waals surface area contributed by atoms with E-state index < -0.39 is 17.6 Å². The van der Waals surface area contributed by atoms with Crippen molar-refractivity contribution in [3.63, 3.8) is 0 Å². The van der Waals surface area contributed by atoms with Crippen LogP contribution in [0.15, 0.2) is 59.0 Å². The van der Waals surface area contributed by atoms with E-state index >= 15 is 0 Å². The Labute approximate surface area is 181 Å². The van der Waals surface area contributed by atoms with Gasteiger partial charge in [-0.05, 0) is 48.9 Å². The van der Waals surface area contributed by atoms with E-state index in [1.54, 1.807) is 0 Å². The third kappa shape index (κ3) is 5.46. The van der Waals surface area contributed by atoms with E-state index in [1.165, 1.54) is 42.5 Å². The standard InChI is InChI=1S/C22H18ClF3N2O3/c1-2-10-27-20(29)16-7-6-15(12-17(16)23)28-21(30)19-9-8-18(31-19)13-4-3-5-14(11-13)22(24,25)26/h3-9,11-12H,2,10H2,1H3,(H,27,29)(H,28,30). The highest BCUT2D eigenvalue weighted by Crippen LogP contribution is 2.32. The van der Waals surface area contributed by atoms with E-state index in [0.717, 1.165) is 18.6 Å². The molecule has 0 aliphatic carbocycles. The molecule has 5 nitrogen and oxygen atoms in total. The Morgan fingerprint density at radius 2 is 1.81 bits per heavy atom. The molecule has 9 heteroatoms. The van der Waals surface area contributed by atoms with Gasteiger partial charge >= 0.3 is 6.18 Å². The number of anilines is 1. The summed E-state index contributed by atoms with van der Waals surface area (Å²) in [6.07, 6.45) is -3.70. The SMILES string of the molecule is CCCNC(=O)c1ccc(NC(=O)c2ccc(-c3cccc(C(F)(F)F)c3)o2)cc1Cl. The van der Waals surface area contributed by atoms with Crippen molar-refractivity contribution in [1.82, 2.24) is 5.32 Å². The maximum atomic E-state index is 12.9. The maximum Gasteiger partial charge on any atom is 0.416 e. The number of alkyl halides is 3. The predicted molar refractivity (Wildman–Crippen MR) is 111 cm³/mol. The number of benzene rings is 2. The van der Waals surface area contributed by atoms with Crippen LogP contribution in [0.1, 0.15) is 39.8 Å². The lowest BCUT2D eigenvalue weighted by Gasteiger charge is -2.09. The first kappa shape index (κ1) is 22.4. The fraction of sp³-hybridized carbons (Fsp3) is 0.182. The van der Waals surface area contributed by atoms with Crippen molar-refractivity contribution >= 4 is 29.1 Å². The molecule has 1 aromatic heterocycles. The molecule has 2 N–H and O–H groups in total. The van der Waals surface area contributed by atoms with Gasteiger partial charge in [-0.3, -0.25) is 9.59 Å². The number of furan rings is 1. The normalized spacial score (nSPS) is 11.3. The van der Waals surface area contributed by atoms with Gasteiger partial charge in [0.1, 0.15) is 5.76 Å². The molecule has 0 radical (unpaired) electrons. The maximum absolute atomic E-state index is 12.9. The highest BCUT2D eigenvalue weighted by Gasteiger charge is 2.30. The van der Waals surface area contributed by atoms with Crippen LogP contribution >= 0.6 is 11.6 Å². The summed E-state index contributed by atoms with van der Waals surface area (Å²) >= 11 is 6.14. The van der Waals surface area contributed by atoms with E-state index in [4.69, 9.17) is 16.0 Å². The first-order valence-corrected chi connectivity index (χ1v) is 9.73. The molecule has 3 rings (SSSR count). The molecule has 2 aromatic carbocycles. The minimum Gasteiger partial charge on any atom is -0.451 e. The number of rotatable bonds is 6. The van der Waals surface area contributed by atoms with Crippen LogP contribution in [0.25, 0.3) is 11.3 Å². The van der Waals surface area contributed by atoms with Gasteiger partial charge in [0.15, 0.2) is 5.76 Å². The van der Waals surface area contributed by atoms with Gasteiger partial charge in [0.05, 0.1) is 16.1 Å². The van der Waals surface area contributed by atoms with Gasteiger partial charge in [-0.1, -0.05) is 30.7 Å². The molecule has 0 fully saturated rings. The van der Waals surface area contributed by atoms with Gasteiger partial charge in [0, 0.05) is 17.8 Å². The molecule has 0 aliphatic rings. The minimum absolute atomic E-state index is 0.0895. The summed E-state index contributed by atoms with van der Waals surface area (Å²) in [6, 6.07) is 11.8. The number of hydrogen-bond acceptors (Lipinski definition) is 3. The molecule has 0 aliphatic heterocycles. The quantitative estimate of drug-likeness (QED) is 0.483. The molecular weight excluding hydrogens is 433 g/mol. The monoisotopic (exact) mass is 450 g/mol. The number of halogens is 4. The number of nitrogens with one attached hydrogen (secondary N) is 2. The summed E-state index contributed by atoms with van der Waals surface area (Å²) in [6.45, 7) is 2.44. The molecule has 162 valence electrons. The second-order valence-corrected chi connectivity index (χ2v) is 7.05. The van der Waals surface area contributed by atoms with E-state index in [2.05, 4.69) is 10.6 Å². The summed E-state index contributed by atoms with van der Waals surface area (Å²) in [4.78, 5) is 24.5. The molecule has 31 heavy (non-hydrogen) atoms. The minimum atomic E-state index is -4.48. The number of hydrogen-bond donors (Lipinski definition) is 2. The number of carbonyl (C=O) groups excluding carboxylic acids is 2. The molecule has 2 amide bonds. The lowest BCUT2D eigenvalue weighted by atomic mass is 10.1. The van der Waals surface area contributed by atoms with E-state index in [1.807, 2.05) is 6.92 Å². The Bertz CT molecular complexity index is 1110. The van der Waals surface area contributed by atoms with Crippen molar-refractivity contribution in [3.8, 4) is 11.3 Å². The average molecular weight is 451 g/mol. The zero-order valence-corrected chi connectivity index (χ0v) is 17.1. The summed E-state index contributed by atoms with van der Waals surface area (Å²) in [7, 11) is 0. The molecule has 0 bridgehead atoms. The predicted octanol–water partition coefficient (Wildman–Crippen LogP) is 6.01. The summed E-state index contributed by atoms with van der Waals surface area (Å²) < 4.78 is 44.1. The topological polar surface area (TPSA) is 71.3 Å². The van der Waals surface area contributed by atoms with Crippen LogP contribution in [0.3, 0.4) is 0 Å². The van der Waals surface area contributed by atoms with Crippen molar-refractivity contribution < 1.29 is 27.2 Å². The molecule has 1 heterocycles. The van der Waals surface area contributed by atoms with Crippen LogP contribution in [-0.4, -0.2) is 18.4 Å². The van der Waals surface area contributed by atoms with Crippen LogP contribution in [0.2, 0.25) is 5.02 Å². The van der Waals surface area contributed by atoms with Gasteiger partial charge < -0.3 is 15.1 Å². The van der Waals surface area contributed by atoms with Crippen LogP contribution < -0.4 is 10.6 Å². The van der Waals surface area contributed by atoms with Crippen LogP contribution in [0.5, 0.6) is 0 Å². The van der Waals surface area contributed by atoms with Gasteiger partial charge in [-0.2, -0.15) is 13.2 Å². The van der Waals surface area contributed by atoms with Crippen molar-refractivity contribution in [2.75, 3.05) is 11.9 Å². The first-order chi connectivity index (χ1) is 14.7. The molecule has 0 saturated carbocycles. The summed E-state index contributed by atoms with van der Waals surface area (Å²) in [5.41, 5.74) is -0.0125. The molecule has 0 spiro atoms.